The molecule has 2 rings (SSSR count). The minimum absolute atomic E-state index is 0.0191. The maximum atomic E-state index is 15.3. The van der Waals surface area contributed by atoms with Crippen LogP contribution in [0.2, 0.25) is 0 Å². The Morgan fingerprint density at radius 3 is 2.47 bits per heavy atom. The number of alkyl halides is 2. The molecule has 1 aliphatic heterocycles. The molecule has 0 unspecified atom stereocenters. The highest BCUT2D eigenvalue weighted by molar-refractivity contribution is 6.18. The second-order valence-electron chi connectivity index (χ2n) is 8.34. The van der Waals surface area contributed by atoms with Gasteiger partial charge in [0.2, 0.25) is 0 Å². The van der Waals surface area contributed by atoms with Gasteiger partial charge < -0.3 is 20.3 Å². The van der Waals surface area contributed by atoms with Crippen molar-refractivity contribution < 1.29 is 23.8 Å². The lowest BCUT2D eigenvalue weighted by atomic mass is 9.98. The number of hydrogen-bond acceptors (Lipinski definition) is 7. The van der Waals surface area contributed by atoms with E-state index in [0.29, 0.717) is 6.42 Å². The number of hydrogen-bond donors (Lipinski definition) is 2. The van der Waals surface area contributed by atoms with Crippen molar-refractivity contribution in [2.45, 2.75) is 95.2 Å². The van der Waals surface area contributed by atoms with E-state index < -0.39 is 42.4 Å². The van der Waals surface area contributed by atoms with Gasteiger partial charge in [-0.15, -0.1) is 11.6 Å². The molecule has 1 aliphatic rings. The van der Waals surface area contributed by atoms with E-state index in [0.717, 1.165) is 23.8 Å². The smallest absolute Gasteiger partial charge is 0.351 e. The summed E-state index contributed by atoms with van der Waals surface area (Å²) < 4.78 is 27.2. The molecule has 2 heterocycles. The van der Waals surface area contributed by atoms with Gasteiger partial charge in [0.25, 0.3) is 0 Å². The number of carbonyl (C=O) groups is 1. The lowest BCUT2D eigenvalue weighted by molar-refractivity contribution is -0.165. The Labute approximate surface area is 193 Å². The molecule has 182 valence electrons. The maximum Gasteiger partial charge on any atom is 0.351 e. The Bertz CT molecular complexity index is 774. The van der Waals surface area contributed by atoms with E-state index in [9.17, 15) is 14.7 Å². The minimum atomic E-state index is -1.92. The summed E-state index contributed by atoms with van der Waals surface area (Å²) >= 11 is 5.97. The van der Waals surface area contributed by atoms with Crippen molar-refractivity contribution in [2.75, 3.05) is 18.2 Å². The van der Waals surface area contributed by atoms with Gasteiger partial charge in [-0.1, -0.05) is 58.3 Å². The number of halogens is 2. The Morgan fingerprint density at radius 2 is 1.91 bits per heavy atom. The molecule has 32 heavy (non-hydrogen) atoms. The Hall–Kier alpha value is -1.71. The van der Waals surface area contributed by atoms with E-state index in [4.69, 9.17) is 26.8 Å². The minimum Gasteiger partial charge on any atom is -0.456 e. The summed E-state index contributed by atoms with van der Waals surface area (Å²) in [6.07, 6.45) is 6.45. The number of anilines is 1. The number of rotatable bonds is 14. The summed E-state index contributed by atoms with van der Waals surface area (Å²) in [4.78, 5) is 28.0. The van der Waals surface area contributed by atoms with Crippen LogP contribution in [-0.4, -0.2) is 51.0 Å². The molecule has 0 bridgehead atoms. The standard InChI is InChI=1S/C22H35ClFN3O5/c1-2-3-4-5-6-7-8-9-10-11-17(29)31-19-18(24)20(32-22(19,14-23)15-28)27-13-12-16(25)26-21(27)30/h12-13,18-20,28H,2-11,14-15H2,1H3,(H2,25,26,30)/t18-,19+,20-,22-/m1/s1. The number of nitrogen functional groups attached to an aromatic ring is 1. The monoisotopic (exact) mass is 475 g/mol. The zero-order valence-corrected chi connectivity index (χ0v) is 19.4. The van der Waals surface area contributed by atoms with Gasteiger partial charge in [-0.2, -0.15) is 4.98 Å². The Kier molecular flexibility index (Phi) is 10.9. The van der Waals surface area contributed by atoms with Crippen molar-refractivity contribution >= 4 is 23.4 Å². The molecule has 0 spiro atoms. The van der Waals surface area contributed by atoms with E-state index in [1.54, 1.807) is 0 Å². The maximum absolute atomic E-state index is 15.3. The Morgan fingerprint density at radius 1 is 1.28 bits per heavy atom. The summed E-state index contributed by atoms with van der Waals surface area (Å²) in [6.45, 7) is 1.51. The van der Waals surface area contributed by atoms with Crippen LogP contribution >= 0.6 is 11.6 Å². The zero-order chi connectivity index (χ0) is 23.6. The summed E-state index contributed by atoms with van der Waals surface area (Å²) in [5.41, 5.74) is 2.99. The predicted molar refractivity (Wildman–Crippen MR) is 120 cm³/mol. The molecule has 1 saturated heterocycles. The van der Waals surface area contributed by atoms with Crippen molar-refractivity contribution in [2.24, 2.45) is 0 Å². The molecule has 1 fully saturated rings. The van der Waals surface area contributed by atoms with Crippen LogP contribution in [0.3, 0.4) is 0 Å². The predicted octanol–water partition coefficient (Wildman–Crippen LogP) is 3.50. The molecule has 0 saturated carbocycles. The zero-order valence-electron chi connectivity index (χ0n) is 18.7. The van der Waals surface area contributed by atoms with Crippen LogP contribution in [0.4, 0.5) is 10.2 Å². The molecule has 0 aromatic carbocycles. The number of aromatic nitrogens is 2. The van der Waals surface area contributed by atoms with E-state index in [-0.39, 0.29) is 18.1 Å². The number of nitrogens with zero attached hydrogens (tertiary/aromatic N) is 2. The number of carbonyl (C=O) groups excluding carboxylic acids is 1. The van der Waals surface area contributed by atoms with Gasteiger partial charge in [-0.05, 0) is 12.5 Å². The second kappa shape index (κ2) is 13.1. The second-order valence-corrected chi connectivity index (χ2v) is 8.61. The fourth-order valence-electron chi connectivity index (χ4n) is 3.87. The molecular formula is C22H35ClFN3O5. The largest absolute Gasteiger partial charge is 0.456 e. The third-order valence-corrected chi connectivity index (χ3v) is 6.25. The topological polar surface area (TPSA) is 117 Å². The first-order valence-electron chi connectivity index (χ1n) is 11.4. The van der Waals surface area contributed by atoms with E-state index in [2.05, 4.69) is 11.9 Å². The summed E-state index contributed by atoms with van der Waals surface area (Å²) in [5, 5.41) is 9.86. The molecule has 10 heteroatoms. The van der Waals surface area contributed by atoms with E-state index in [1.807, 2.05) is 0 Å². The molecule has 8 nitrogen and oxygen atoms in total. The van der Waals surface area contributed by atoms with E-state index >= 15 is 4.39 Å². The quantitative estimate of drug-likeness (QED) is 0.240. The van der Waals surface area contributed by atoms with Gasteiger partial charge in [0.05, 0.1) is 12.5 Å². The van der Waals surface area contributed by atoms with Crippen molar-refractivity contribution in [3.63, 3.8) is 0 Å². The number of aliphatic hydroxyl groups excluding tert-OH is 1. The van der Waals surface area contributed by atoms with Crippen molar-refractivity contribution in [1.29, 1.82) is 0 Å². The number of unbranched alkanes of at least 4 members (excludes halogenated alkanes) is 8. The first-order chi connectivity index (χ1) is 15.4. The van der Waals surface area contributed by atoms with Gasteiger partial charge in [0.1, 0.15) is 11.4 Å². The van der Waals surface area contributed by atoms with Crippen LogP contribution in [0.15, 0.2) is 17.1 Å². The molecule has 1 aromatic rings. The highest BCUT2D eigenvalue weighted by Gasteiger charge is 2.58. The highest BCUT2D eigenvalue weighted by atomic mass is 35.5. The average Bonchev–Trinajstić information content (AvgIpc) is 3.04. The number of aliphatic hydroxyl groups is 1. The lowest BCUT2D eigenvalue weighted by Crippen LogP contribution is -2.49. The molecule has 0 radical (unpaired) electrons. The molecule has 4 atom stereocenters. The van der Waals surface area contributed by atoms with Gasteiger partial charge in [0.15, 0.2) is 18.5 Å². The van der Waals surface area contributed by atoms with Crippen molar-refractivity contribution in [3.8, 4) is 0 Å². The van der Waals surface area contributed by atoms with Crippen molar-refractivity contribution in [1.82, 2.24) is 9.55 Å². The number of esters is 1. The molecular weight excluding hydrogens is 441 g/mol. The van der Waals surface area contributed by atoms with Crippen LogP contribution in [-0.2, 0) is 14.3 Å². The van der Waals surface area contributed by atoms with Crippen molar-refractivity contribution in [3.05, 3.63) is 22.7 Å². The SMILES string of the molecule is CCCCCCCCCCCC(=O)O[C@H]1[C@@H](F)[C@H](n2ccc(N)nc2=O)O[C@@]1(CO)CCl. The number of nitrogens with two attached hydrogens (primary N) is 1. The van der Waals surface area contributed by atoms with Gasteiger partial charge in [-0.25, -0.2) is 9.18 Å². The van der Waals surface area contributed by atoms with E-state index in [1.165, 1.54) is 44.4 Å². The van der Waals surface area contributed by atoms with Crippen LogP contribution in [0, 0.1) is 0 Å². The highest BCUT2D eigenvalue weighted by Crippen LogP contribution is 2.41. The number of ether oxygens (including phenoxy) is 2. The van der Waals surface area contributed by atoms with Crippen LogP contribution in [0.5, 0.6) is 0 Å². The normalized spacial score (nSPS) is 25.2. The fourth-order valence-corrected chi connectivity index (χ4v) is 4.17. The summed E-state index contributed by atoms with van der Waals surface area (Å²) in [5.74, 6) is -0.932. The van der Waals surface area contributed by atoms with Crippen LogP contribution in [0.25, 0.3) is 0 Å². The van der Waals surface area contributed by atoms with Gasteiger partial charge in [0, 0.05) is 12.6 Å². The molecule has 1 aromatic heterocycles. The van der Waals surface area contributed by atoms with Crippen LogP contribution in [0.1, 0.15) is 77.4 Å². The third-order valence-electron chi connectivity index (χ3n) is 5.80. The lowest BCUT2D eigenvalue weighted by Gasteiger charge is -2.29. The molecule has 3 N–H and O–H groups in total. The van der Waals surface area contributed by atoms with Crippen LogP contribution < -0.4 is 11.4 Å². The first kappa shape index (κ1) is 26.5. The van der Waals surface area contributed by atoms with Gasteiger partial charge >= 0.3 is 11.7 Å². The molecule has 0 amide bonds. The molecule has 0 aliphatic carbocycles. The van der Waals surface area contributed by atoms with Gasteiger partial charge in [-0.3, -0.25) is 9.36 Å². The summed E-state index contributed by atoms with van der Waals surface area (Å²) in [7, 11) is 0. The fraction of sp³-hybridized carbons (Fsp3) is 0.773. The Balaban J connectivity index is 1.89. The average molecular weight is 476 g/mol. The third kappa shape index (κ3) is 6.89. The summed E-state index contributed by atoms with van der Waals surface area (Å²) in [6, 6.07) is 1.32. The first-order valence-corrected chi connectivity index (χ1v) is 11.9.